The molecule has 0 radical (unpaired) electrons. The first kappa shape index (κ1) is 21.4. The van der Waals surface area contributed by atoms with Crippen molar-refractivity contribution in [2.45, 2.75) is 13.3 Å². The number of para-hydroxylation sites is 1. The molecule has 0 spiro atoms. The van der Waals surface area contributed by atoms with Gasteiger partial charge in [-0.3, -0.25) is 9.69 Å². The van der Waals surface area contributed by atoms with E-state index >= 15 is 0 Å². The second-order valence-corrected chi connectivity index (χ2v) is 6.87. The van der Waals surface area contributed by atoms with E-state index in [0.29, 0.717) is 35.5 Å². The number of amides is 1. The van der Waals surface area contributed by atoms with Crippen LogP contribution in [-0.2, 0) is 4.79 Å². The maximum Gasteiger partial charge on any atom is 0.238 e. The van der Waals surface area contributed by atoms with E-state index in [9.17, 15) is 4.79 Å². The monoisotopic (exact) mass is 410 g/mol. The molecule has 0 heterocycles. The molecular formula is C20H24Cl2N2O3. The molecule has 0 aliphatic carbocycles. The summed E-state index contributed by atoms with van der Waals surface area (Å²) in [4.78, 5) is 14.0. The number of anilines is 1. The normalized spacial score (nSPS) is 10.7. The Morgan fingerprint density at radius 1 is 1.00 bits per heavy atom. The van der Waals surface area contributed by atoms with Crippen LogP contribution < -0.4 is 14.8 Å². The van der Waals surface area contributed by atoms with E-state index in [2.05, 4.69) is 12.2 Å². The average molecular weight is 411 g/mol. The number of nitrogens with zero attached hydrogens (tertiary/aromatic N) is 1. The number of hydrogen-bond acceptors (Lipinski definition) is 4. The Morgan fingerprint density at radius 2 is 1.56 bits per heavy atom. The predicted molar refractivity (Wildman–Crippen MR) is 110 cm³/mol. The number of likely N-dealkylation sites (N-methyl/N-ethyl adjacent to an activating group) is 1. The lowest BCUT2D eigenvalue weighted by molar-refractivity contribution is -0.117. The van der Waals surface area contributed by atoms with Crippen LogP contribution in [0.2, 0.25) is 10.0 Å². The summed E-state index contributed by atoms with van der Waals surface area (Å²) in [5.74, 6) is 1.40. The van der Waals surface area contributed by atoms with Crippen LogP contribution >= 0.6 is 23.2 Å². The second-order valence-electron chi connectivity index (χ2n) is 6.05. The van der Waals surface area contributed by atoms with E-state index in [1.807, 2.05) is 36.2 Å². The fraction of sp³-hybridized carbons (Fsp3) is 0.350. The third-order valence-corrected chi connectivity index (χ3v) is 4.31. The minimum absolute atomic E-state index is 0.190. The van der Waals surface area contributed by atoms with E-state index in [4.69, 9.17) is 32.7 Å². The van der Waals surface area contributed by atoms with Crippen LogP contribution in [-0.4, -0.2) is 44.2 Å². The van der Waals surface area contributed by atoms with E-state index in [1.165, 1.54) is 0 Å². The SMILES string of the molecule is CCCOc1ccc(OCCN(C)CC(=O)Nc2c(Cl)cccc2Cl)cc1. The maximum atomic E-state index is 12.2. The second kappa shape index (κ2) is 11.0. The number of ether oxygens (including phenoxy) is 2. The fourth-order valence-electron chi connectivity index (χ4n) is 2.29. The van der Waals surface area contributed by atoms with E-state index in [1.54, 1.807) is 18.2 Å². The molecule has 0 aliphatic rings. The molecule has 7 heteroatoms. The highest BCUT2D eigenvalue weighted by molar-refractivity contribution is 6.39. The Kier molecular flexibility index (Phi) is 8.72. The highest BCUT2D eigenvalue weighted by Crippen LogP contribution is 2.29. The van der Waals surface area contributed by atoms with Gasteiger partial charge in [-0.05, 0) is 49.9 Å². The molecule has 27 heavy (non-hydrogen) atoms. The number of rotatable bonds is 10. The molecule has 0 unspecified atom stereocenters. The molecule has 1 amide bonds. The first-order chi connectivity index (χ1) is 13.0. The van der Waals surface area contributed by atoms with Gasteiger partial charge < -0.3 is 14.8 Å². The molecule has 2 aromatic rings. The van der Waals surface area contributed by atoms with Crippen molar-refractivity contribution in [1.82, 2.24) is 4.90 Å². The lowest BCUT2D eigenvalue weighted by atomic mass is 10.3. The van der Waals surface area contributed by atoms with E-state index < -0.39 is 0 Å². The number of carbonyl (C=O) groups is 1. The molecule has 146 valence electrons. The number of hydrogen-bond donors (Lipinski definition) is 1. The fourth-order valence-corrected chi connectivity index (χ4v) is 2.78. The summed E-state index contributed by atoms with van der Waals surface area (Å²) in [6, 6.07) is 12.6. The molecule has 5 nitrogen and oxygen atoms in total. The standard InChI is InChI=1S/C20H24Cl2N2O3/c1-3-12-26-15-7-9-16(10-8-15)27-13-11-24(2)14-19(25)23-20-17(21)5-4-6-18(20)22/h4-10H,3,11-14H2,1-2H3,(H,23,25). The summed E-state index contributed by atoms with van der Waals surface area (Å²) >= 11 is 12.1. The predicted octanol–water partition coefficient (Wildman–Crippen LogP) is 4.73. The maximum absolute atomic E-state index is 12.2. The lowest BCUT2D eigenvalue weighted by Gasteiger charge is -2.17. The summed E-state index contributed by atoms with van der Waals surface area (Å²) in [5.41, 5.74) is 0.431. The molecule has 0 saturated heterocycles. The van der Waals surface area contributed by atoms with Crippen molar-refractivity contribution in [1.29, 1.82) is 0 Å². The Hall–Kier alpha value is -1.95. The van der Waals surface area contributed by atoms with Crippen LogP contribution in [0.3, 0.4) is 0 Å². The minimum atomic E-state index is -0.190. The zero-order valence-corrected chi connectivity index (χ0v) is 17.0. The van der Waals surface area contributed by atoms with Crippen LogP contribution in [0.5, 0.6) is 11.5 Å². The molecule has 0 bridgehead atoms. The zero-order valence-electron chi connectivity index (χ0n) is 15.5. The van der Waals surface area contributed by atoms with Gasteiger partial charge in [0.15, 0.2) is 0 Å². The minimum Gasteiger partial charge on any atom is -0.494 e. The Labute approximate surface area is 170 Å². The highest BCUT2D eigenvalue weighted by atomic mass is 35.5. The lowest BCUT2D eigenvalue weighted by Crippen LogP contribution is -2.33. The average Bonchev–Trinajstić information content (AvgIpc) is 2.64. The Balaban J connectivity index is 1.72. The third kappa shape index (κ3) is 7.29. The zero-order chi connectivity index (χ0) is 19.6. The molecule has 2 rings (SSSR count). The summed E-state index contributed by atoms with van der Waals surface area (Å²) < 4.78 is 11.2. The van der Waals surface area contributed by atoms with Gasteiger partial charge in [0.1, 0.15) is 18.1 Å². The molecule has 1 N–H and O–H groups in total. The molecule has 0 saturated carbocycles. The van der Waals surface area contributed by atoms with Gasteiger partial charge in [0.2, 0.25) is 5.91 Å². The molecule has 0 atom stereocenters. The third-order valence-electron chi connectivity index (χ3n) is 3.68. The first-order valence-electron chi connectivity index (χ1n) is 8.77. The van der Waals surface area contributed by atoms with Crippen molar-refractivity contribution in [3.05, 3.63) is 52.5 Å². The number of halogens is 2. The summed E-state index contributed by atoms with van der Waals surface area (Å²) in [6.45, 7) is 4.03. The van der Waals surface area contributed by atoms with Crippen LogP contribution in [0.1, 0.15) is 13.3 Å². The highest BCUT2D eigenvalue weighted by Gasteiger charge is 2.11. The van der Waals surface area contributed by atoms with Crippen molar-refractivity contribution in [3.8, 4) is 11.5 Å². The first-order valence-corrected chi connectivity index (χ1v) is 9.53. The van der Waals surface area contributed by atoms with Crippen molar-refractivity contribution in [3.63, 3.8) is 0 Å². The smallest absolute Gasteiger partial charge is 0.238 e. The number of nitrogens with one attached hydrogen (secondary N) is 1. The molecule has 0 aromatic heterocycles. The van der Waals surface area contributed by atoms with Gasteiger partial charge >= 0.3 is 0 Å². The van der Waals surface area contributed by atoms with Gasteiger partial charge in [-0.15, -0.1) is 0 Å². The van der Waals surface area contributed by atoms with Crippen molar-refractivity contribution < 1.29 is 14.3 Å². The van der Waals surface area contributed by atoms with Gasteiger partial charge in [0.25, 0.3) is 0 Å². The van der Waals surface area contributed by atoms with Crippen molar-refractivity contribution in [2.75, 3.05) is 38.7 Å². The summed E-state index contributed by atoms with van der Waals surface area (Å²) in [7, 11) is 1.85. The number of carbonyl (C=O) groups excluding carboxylic acids is 1. The van der Waals surface area contributed by atoms with Crippen LogP contribution in [0, 0.1) is 0 Å². The van der Waals surface area contributed by atoms with E-state index in [-0.39, 0.29) is 12.5 Å². The topological polar surface area (TPSA) is 50.8 Å². The Bertz CT molecular complexity index is 718. The summed E-state index contributed by atoms with van der Waals surface area (Å²) in [6.07, 6.45) is 0.973. The van der Waals surface area contributed by atoms with Crippen molar-refractivity contribution in [2.24, 2.45) is 0 Å². The van der Waals surface area contributed by atoms with Crippen LogP contribution in [0.4, 0.5) is 5.69 Å². The van der Waals surface area contributed by atoms with E-state index in [0.717, 1.165) is 17.9 Å². The Morgan fingerprint density at radius 3 is 2.11 bits per heavy atom. The van der Waals surface area contributed by atoms with Gasteiger partial charge in [-0.1, -0.05) is 36.2 Å². The van der Waals surface area contributed by atoms with Crippen LogP contribution in [0.25, 0.3) is 0 Å². The molecule has 2 aromatic carbocycles. The van der Waals surface area contributed by atoms with Gasteiger partial charge in [-0.25, -0.2) is 0 Å². The molecule has 0 fully saturated rings. The molecular weight excluding hydrogens is 387 g/mol. The largest absolute Gasteiger partial charge is 0.494 e. The number of benzene rings is 2. The van der Waals surface area contributed by atoms with Gasteiger partial charge in [0.05, 0.1) is 28.9 Å². The van der Waals surface area contributed by atoms with Crippen LogP contribution in [0.15, 0.2) is 42.5 Å². The van der Waals surface area contributed by atoms with Gasteiger partial charge in [0, 0.05) is 6.54 Å². The van der Waals surface area contributed by atoms with Gasteiger partial charge in [-0.2, -0.15) is 0 Å². The quantitative estimate of drug-likeness (QED) is 0.614. The molecule has 0 aliphatic heterocycles. The summed E-state index contributed by atoms with van der Waals surface area (Å²) in [5, 5.41) is 3.56. The van der Waals surface area contributed by atoms with Crippen molar-refractivity contribution >= 4 is 34.8 Å².